The van der Waals surface area contributed by atoms with Crippen LogP contribution in [0.4, 0.5) is 0 Å². The molecule has 0 fully saturated rings. The Hall–Kier alpha value is -1.76. The maximum atomic E-state index is 11.3. The second-order valence-corrected chi connectivity index (χ2v) is 3.47. The number of nitrogens with one attached hydrogen (secondary N) is 1. The van der Waals surface area contributed by atoms with Crippen molar-refractivity contribution in [2.75, 3.05) is 6.61 Å². The number of carbonyl (C=O) groups excluding carboxylic acids is 1. The molecule has 6 nitrogen and oxygen atoms in total. The molecule has 1 N–H and O–H groups in total. The van der Waals surface area contributed by atoms with Crippen LogP contribution in [0.15, 0.2) is 11.6 Å². The minimum Gasteiger partial charge on any atom is -0.461 e. The summed E-state index contributed by atoms with van der Waals surface area (Å²) >= 11 is 1.33. The largest absolute Gasteiger partial charge is 0.461 e. The van der Waals surface area contributed by atoms with Gasteiger partial charge in [0, 0.05) is 5.38 Å². The van der Waals surface area contributed by atoms with Crippen LogP contribution in [0, 0.1) is 0 Å². The molecule has 15 heavy (non-hydrogen) atoms. The highest BCUT2D eigenvalue weighted by Crippen LogP contribution is 2.20. The molecule has 0 unspecified atom stereocenters. The van der Waals surface area contributed by atoms with Gasteiger partial charge in [-0.05, 0) is 6.92 Å². The molecule has 0 aliphatic carbocycles. The number of thiazole rings is 1. The summed E-state index contributed by atoms with van der Waals surface area (Å²) in [6, 6.07) is 0. The number of aromatic amines is 1. The topological polar surface area (TPSA) is 80.8 Å². The maximum Gasteiger partial charge on any atom is 0.357 e. The number of hydrogen-bond donors (Lipinski definition) is 1. The van der Waals surface area contributed by atoms with Crippen molar-refractivity contribution in [1.82, 2.24) is 20.4 Å². The molecule has 0 aliphatic heterocycles. The van der Waals surface area contributed by atoms with E-state index in [0.29, 0.717) is 23.0 Å². The number of ether oxygens (including phenoxy) is 1. The number of nitrogens with zero attached hydrogens (tertiary/aromatic N) is 3. The molecule has 0 spiro atoms. The number of carbonyl (C=O) groups is 1. The smallest absolute Gasteiger partial charge is 0.357 e. The third kappa shape index (κ3) is 2.01. The number of aromatic nitrogens is 4. The van der Waals surface area contributed by atoms with Gasteiger partial charge >= 0.3 is 5.97 Å². The van der Waals surface area contributed by atoms with Crippen molar-refractivity contribution in [1.29, 1.82) is 0 Å². The second kappa shape index (κ2) is 4.18. The fourth-order valence-corrected chi connectivity index (χ4v) is 1.74. The zero-order valence-corrected chi connectivity index (χ0v) is 8.74. The predicted octanol–water partition coefficient (Wildman–Crippen LogP) is 1.10. The average molecular weight is 224 g/mol. The Kier molecular flexibility index (Phi) is 2.72. The van der Waals surface area contributed by atoms with Crippen molar-refractivity contribution >= 4 is 17.3 Å². The highest BCUT2D eigenvalue weighted by atomic mass is 32.1. The van der Waals surface area contributed by atoms with Gasteiger partial charge in [-0.3, -0.25) is 0 Å². The van der Waals surface area contributed by atoms with Gasteiger partial charge < -0.3 is 4.74 Å². The monoisotopic (exact) mass is 224 g/mol. The van der Waals surface area contributed by atoms with E-state index in [2.05, 4.69) is 20.4 Å². The van der Waals surface area contributed by atoms with Crippen LogP contribution >= 0.6 is 11.3 Å². The fourth-order valence-electron chi connectivity index (χ4n) is 0.995. The summed E-state index contributed by atoms with van der Waals surface area (Å²) in [6.07, 6.45) is 1.55. The third-order valence-electron chi connectivity index (χ3n) is 1.62. The minimum absolute atomic E-state index is 0.305. The molecule has 0 saturated heterocycles. The summed E-state index contributed by atoms with van der Waals surface area (Å²) in [5.74, 6) is -0.413. The minimum atomic E-state index is -0.413. The number of esters is 1. The van der Waals surface area contributed by atoms with Gasteiger partial charge in [-0.2, -0.15) is 15.4 Å². The van der Waals surface area contributed by atoms with E-state index in [1.165, 1.54) is 11.3 Å². The molecule has 0 bridgehead atoms. The molecule has 2 heterocycles. The van der Waals surface area contributed by atoms with E-state index in [4.69, 9.17) is 4.74 Å². The highest BCUT2D eigenvalue weighted by Gasteiger charge is 2.13. The lowest BCUT2D eigenvalue weighted by Gasteiger charge is -1.95. The Labute approximate surface area is 89.3 Å². The van der Waals surface area contributed by atoms with Crippen molar-refractivity contribution in [2.24, 2.45) is 0 Å². The van der Waals surface area contributed by atoms with Crippen LogP contribution in [0.3, 0.4) is 0 Å². The van der Waals surface area contributed by atoms with Crippen molar-refractivity contribution < 1.29 is 9.53 Å². The van der Waals surface area contributed by atoms with Crippen LogP contribution in [-0.4, -0.2) is 33.0 Å². The number of hydrogen-bond acceptors (Lipinski definition) is 6. The normalized spacial score (nSPS) is 10.2. The van der Waals surface area contributed by atoms with Crippen LogP contribution in [0.25, 0.3) is 10.7 Å². The lowest BCUT2D eigenvalue weighted by molar-refractivity contribution is 0.0520. The summed E-state index contributed by atoms with van der Waals surface area (Å²) < 4.78 is 4.82. The molecule has 0 aliphatic rings. The lowest BCUT2D eigenvalue weighted by Crippen LogP contribution is -2.04. The molecule has 0 amide bonds. The zero-order chi connectivity index (χ0) is 10.7. The third-order valence-corrected chi connectivity index (χ3v) is 2.49. The van der Waals surface area contributed by atoms with Crippen molar-refractivity contribution in [3.05, 3.63) is 17.3 Å². The Bertz CT molecular complexity index is 451. The van der Waals surface area contributed by atoms with Crippen molar-refractivity contribution in [2.45, 2.75) is 6.92 Å². The molecular weight excluding hydrogens is 216 g/mol. The number of rotatable bonds is 3. The SMILES string of the molecule is CCOC(=O)c1csc(-c2cn[nH]n2)n1. The van der Waals surface area contributed by atoms with Crippen LogP contribution < -0.4 is 0 Å². The Morgan fingerprint density at radius 2 is 2.53 bits per heavy atom. The molecule has 2 aromatic rings. The van der Waals surface area contributed by atoms with E-state index >= 15 is 0 Å². The first-order chi connectivity index (χ1) is 7.31. The van der Waals surface area contributed by atoms with Gasteiger partial charge in [0.15, 0.2) is 5.69 Å². The van der Waals surface area contributed by atoms with E-state index < -0.39 is 5.97 Å². The van der Waals surface area contributed by atoms with E-state index in [9.17, 15) is 4.79 Å². The molecular formula is C8H8N4O2S. The molecule has 78 valence electrons. The van der Waals surface area contributed by atoms with Crippen LogP contribution in [0.5, 0.6) is 0 Å². The first kappa shape index (κ1) is 9.78. The van der Waals surface area contributed by atoms with Gasteiger partial charge in [0.05, 0.1) is 12.8 Å². The Morgan fingerprint density at radius 1 is 1.67 bits per heavy atom. The van der Waals surface area contributed by atoms with Gasteiger partial charge in [-0.15, -0.1) is 11.3 Å². The molecule has 7 heteroatoms. The van der Waals surface area contributed by atoms with E-state index in [1.54, 1.807) is 18.5 Å². The molecule has 0 radical (unpaired) electrons. The summed E-state index contributed by atoms with van der Waals surface area (Å²) in [5, 5.41) is 12.3. The molecule has 0 atom stereocenters. The predicted molar refractivity (Wildman–Crippen MR) is 53.4 cm³/mol. The molecule has 2 rings (SSSR count). The molecule has 0 aromatic carbocycles. The second-order valence-electron chi connectivity index (χ2n) is 2.61. The standard InChI is InChI=1S/C8H8N4O2S/c1-2-14-8(13)6-4-15-7(10-6)5-3-9-12-11-5/h3-4H,2H2,1H3,(H,9,11,12). The van der Waals surface area contributed by atoms with Gasteiger partial charge in [0.2, 0.25) is 0 Å². The van der Waals surface area contributed by atoms with E-state index in [0.717, 1.165) is 0 Å². The Morgan fingerprint density at radius 3 is 3.20 bits per heavy atom. The fraction of sp³-hybridized carbons (Fsp3) is 0.250. The van der Waals surface area contributed by atoms with E-state index in [1.807, 2.05) is 0 Å². The summed E-state index contributed by atoms with van der Waals surface area (Å²) in [5.41, 5.74) is 0.926. The number of H-pyrrole nitrogens is 1. The summed E-state index contributed by atoms with van der Waals surface area (Å²) in [4.78, 5) is 15.4. The summed E-state index contributed by atoms with van der Waals surface area (Å²) in [7, 11) is 0. The van der Waals surface area contributed by atoms with Crippen LogP contribution in [0.1, 0.15) is 17.4 Å². The summed E-state index contributed by atoms with van der Waals surface area (Å²) in [6.45, 7) is 2.10. The van der Waals surface area contributed by atoms with Crippen LogP contribution in [0.2, 0.25) is 0 Å². The average Bonchev–Trinajstić information content (AvgIpc) is 2.89. The Balaban J connectivity index is 2.21. The molecule has 2 aromatic heterocycles. The van der Waals surface area contributed by atoms with Gasteiger partial charge in [0.1, 0.15) is 10.7 Å². The first-order valence-electron chi connectivity index (χ1n) is 4.30. The highest BCUT2D eigenvalue weighted by molar-refractivity contribution is 7.13. The maximum absolute atomic E-state index is 11.3. The van der Waals surface area contributed by atoms with Gasteiger partial charge in [0.25, 0.3) is 0 Å². The van der Waals surface area contributed by atoms with Gasteiger partial charge in [-0.25, -0.2) is 9.78 Å². The quantitative estimate of drug-likeness (QED) is 0.790. The first-order valence-corrected chi connectivity index (χ1v) is 5.18. The lowest BCUT2D eigenvalue weighted by atomic mass is 10.5. The van der Waals surface area contributed by atoms with Gasteiger partial charge in [-0.1, -0.05) is 0 Å². The van der Waals surface area contributed by atoms with Crippen molar-refractivity contribution in [3.63, 3.8) is 0 Å². The van der Waals surface area contributed by atoms with Crippen LogP contribution in [-0.2, 0) is 4.74 Å². The van der Waals surface area contributed by atoms with E-state index in [-0.39, 0.29) is 0 Å². The van der Waals surface area contributed by atoms with Crippen molar-refractivity contribution in [3.8, 4) is 10.7 Å². The molecule has 0 saturated carbocycles. The zero-order valence-electron chi connectivity index (χ0n) is 7.93.